The van der Waals surface area contributed by atoms with E-state index in [9.17, 15) is 5.02 Å². The van der Waals surface area contributed by atoms with Crippen LogP contribution in [0.3, 0.4) is 0 Å². The Labute approximate surface area is 178 Å². The van der Waals surface area contributed by atoms with Crippen LogP contribution in [0.4, 0.5) is 0 Å². The average molecular weight is 467 g/mol. The Bertz CT molecular complexity index is 901. The fourth-order valence-corrected chi connectivity index (χ4v) is 4.78. The zero-order chi connectivity index (χ0) is 19.1. The van der Waals surface area contributed by atoms with Crippen molar-refractivity contribution in [3.8, 4) is 0 Å². The van der Waals surface area contributed by atoms with Gasteiger partial charge in [0.25, 0.3) is 0 Å². The number of rotatable bonds is 2. The third-order valence-corrected chi connectivity index (χ3v) is 6.37. The highest BCUT2D eigenvalue weighted by atomic mass is 79.9. The van der Waals surface area contributed by atoms with Crippen LogP contribution in [0, 0.1) is 0 Å². The van der Waals surface area contributed by atoms with E-state index in [0.29, 0.717) is 10.0 Å². The summed E-state index contributed by atoms with van der Waals surface area (Å²) >= 11 is 16.2. The first kappa shape index (κ1) is 19.4. The molecule has 1 aliphatic carbocycles. The van der Waals surface area contributed by atoms with Crippen molar-refractivity contribution in [3.05, 3.63) is 62.9 Å². The molecular formula is C19H19BBrCl2N3O. The SMILES string of the molecule is CB(O)N1CCN(C2c3ccc(Cl)cc3C=C(Br)c3cc(Cl)cnc32)CC1. The molecule has 0 bridgehead atoms. The average Bonchev–Trinajstić information content (AvgIpc) is 2.75. The molecule has 1 atom stereocenters. The normalized spacial score (nSPS) is 20.5. The molecule has 4 nitrogen and oxygen atoms in total. The van der Waals surface area contributed by atoms with Gasteiger partial charge in [0.1, 0.15) is 0 Å². The molecule has 4 rings (SSSR count). The van der Waals surface area contributed by atoms with Gasteiger partial charge in [0, 0.05) is 47.4 Å². The maximum absolute atomic E-state index is 9.88. The second kappa shape index (κ2) is 7.86. The van der Waals surface area contributed by atoms with Crippen molar-refractivity contribution in [1.29, 1.82) is 0 Å². The van der Waals surface area contributed by atoms with Crippen LogP contribution in [0.25, 0.3) is 10.6 Å². The first-order valence-corrected chi connectivity index (χ1v) is 10.5. The van der Waals surface area contributed by atoms with Gasteiger partial charge < -0.3 is 9.83 Å². The Balaban J connectivity index is 1.81. The predicted octanol–water partition coefficient (Wildman–Crippen LogP) is 4.41. The van der Waals surface area contributed by atoms with E-state index in [4.69, 9.17) is 28.2 Å². The lowest BCUT2D eigenvalue weighted by Crippen LogP contribution is -2.52. The summed E-state index contributed by atoms with van der Waals surface area (Å²) in [7, 11) is -0.424. The molecule has 1 fully saturated rings. The number of piperazine rings is 1. The number of aromatic nitrogens is 1. The van der Waals surface area contributed by atoms with E-state index in [0.717, 1.165) is 47.5 Å². The molecule has 27 heavy (non-hydrogen) atoms. The van der Waals surface area contributed by atoms with Crippen LogP contribution in [0.1, 0.15) is 28.4 Å². The van der Waals surface area contributed by atoms with Crippen molar-refractivity contribution in [2.45, 2.75) is 12.9 Å². The van der Waals surface area contributed by atoms with Gasteiger partial charge in [-0.15, -0.1) is 0 Å². The van der Waals surface area contributed by atoms with E-state index < -0.39 is 7.05 Å². The largest absolute Gasteiger partial charge is 0.437 e. The van der Waals surface area contributed by atoms with Gasteiger partial charge in [-0.3, -0.25) is 9.88 Å². The molecule has 1 aromatic carbocycles. The molecule has 2 aromatic rings. The van der Waals surface area contributed by atoms with Crippen LogP contribution >= 0.6 is 39.1 Å². The molecule has 1 aliphatic heterocycles. The third-order valence-electron chi connectivity index (χ3n) is 5.27. The zero-order valence-electron chi connectivity index (χ0n) is 14.9. The van der Waals surface area contributed by atoms with Crippen molar-refractivity contribution >= 4 is 56.7 Å². The molecule has 1 aromatic heterocycles. The van der Waals surface area contributed by atoms with Crippen LogP contribution in [0.2, 0.25) is 16.9 Å². The van der Waals surface area contributed by atoms with Crippen molar-refractivity contribution in [1.82, 2.24) is 14.7 Å². The smallest absolute Gasteiger partial charge is 0.376 e. The number of hydrogen-bond donors (Lipinski definition) is 1. The predicted molar refractivity (Wildman–Crippen MR) is 116 cm³/mol. The minimum Gasteiger partial charge on any atom is -0.437 e. The van der Waals surface area contributed by atoms with Crippen molar-refractivity contribution < 1.29 is 5.02 Å². The maximum Gasteiger partial charge on any atom is 0.376 e. The fraction of sp³-hybridized carbons (Fsp3) is 0.316. The molecule has 0 spiro atoms. The molecule has 2 aliphatic rings. The summed E-state index contributed by atoms with van der Waals surface area (Å²) in [6.45, 7) is 5.14. The summed E-state index contributed by atoms with van der Waals surface area (Å²) in [5.74, 6) is 0. The summed E-state index contributed by atoms with van der Waals surface area (Å²) in [6, 6.07) is 7.97. The molecule has 1 unspecified atom stereocenters. The van der Waals surface area contributed by atoms with Crippen LogP contribution < -0.4 is 0 Å². The van der Waals surface area contributed by atoms with Crippen molar-refractivity contribution in [2.24, 2.45) is 0 Å². The molecule has 0 saturated carbocycles. The lowest BCUT2D eigenvalue weighted by molar-refractivity contribution is 0.144. The van der Waals surface area contributed by atoms with Gasteiger partial charge in [0.05, 0.1) is 16.8 Å². The van der Waals surface area contributed by atoms with E-state index in [1.807, 2.05) is 25.0 Å². The molecule has 0 radical (unpaired) electrons. The Morgan fingerprint density at radius 3 is 2.59 bits per heavy atom. The van der Waals surface area contributed by atoms with Crippen LogP contribution in [-0.4, -0.2) is 52.9 Å². The van der Waals surface area contributed by atoms with Gasteiger partial charge in [0.15, 0.2) is 0 Å². The van der Waals surface area contributed by atoms with Gasteiger partial charge in [0.2, 0.25) is 0 Å². The standard InChI is InChI=1S/C19H19BBrCl2N3O/c1-20(27)26-6-4-25(5-7-26)19-15-3-2-13(22)8-12(15)9-17(21)16-10-14(23)11-24-18(16)19/h2-3,8-11,19,27H,4-7H2,1H3. The maximum atomic E-state index is 9.88. The molecule has 1 N–H and O–H groups in total. The number of hydrogen-bond acceptors (Lipinski definition) is 4. The highest BCUT2D eigenvalue weighted by Gasteiger charge is 2.33. The molecule has 1 saturated heterocycles. The highest BCUT2D eigenvalue weighted by Crippen LogP contribution is 2.42. The summed E-state index contributed by atoms with van der Waals surface area (Å²) in [4.78, 5) is 9.23. The van der Waals surface area contributed by atoms with E-state index in [2.05, 4.69) is 37.8 Å². The van der Waals surface area contributed by atoms with E-state index in [-0.39, 0.29) is 6.04 Å². The summed E-state index contributed by atoms with van der Waals surface area (Å²) in [6.07, 6.45) is 3.80. The molecule has 0 amide bonds. The van der Waals surface area contributed by atoms with Crippen molar-refractivity contribution in [3.63, 3.8) is 0 Å². The Morgan fingerprint density at radius 1 is 1.15 bits per heavy atom. The van der Waals surface area contributed by atoms with Crippen LogP contribution in [0.5, 0.6) is 0 Å². The Kier molecular flexibility index (Phi) is 5.65. The van der Waals surface area contributed by atoms with E-state index in [1.54, 1.807) is 6.20 Å². The fourth-order valence-electron chi connectivity index (χ4n) is 3.88. The van der Waals surface area contributed by atoms with Gasteiger partial charge in [-0.05, 0) is 42.2 Å². The van der Waals surface area contributed by atoms with Gasteiger partial charge in [-0.25, -0.2) is 0 Å². The van der Waals surface area contributed by atoms with Gasteiger partial charge in [-0.2, -0.15) is 0 Å². The topological polar surface area (TPSA) is 39.6 Å². The summed E-state index contributed by atoms with van der Waals surface area (Å²) < 4.78 is 0.945. The minimum absolute atomic E-state index is 0.00647. The number of nitrogens with zero attached hydrogens (tertiary/aromatic N) is 3. The van der Waals surface area contributed by atoms with Crippen LogP contribution in [-0.2, 0) is 0 Å². The molecular weight excluding hydrogens is 448 g/mol. The second-order valence-electron chi connectivity index (χ2n) is 6.96. The second-order valence-corrected chi connectivity index (χ2v) is 8.69. The lowest BCUT2D eigenvalue weighted by atomic mass is 9.84. The molecule has 2 heterocycles. The molecule has 140 valence electrons. The number of benzene rings is 1. The van der Waals surface area contributed by atoms with Crippen molar-refractivity contribution in [2.75, 3.05) is 26.2 Å². The number of halogens is 3. The van der Waals surface area contributed by atoms with E-state index in [1.165, 1.54) is 5.56 Å². The van der Waals surface area contributed by atoms with Crippen LogP contribution in [0.15, 0.2) is 30.5 Å². The Hall–Kier alpha value is -0.885. The quantitative estimate of drug-likeness (QED) is 0.665. The first-order valence-electron chi connectivity index (χ1n) is 8.92. The summed E-state index contributed by atoms with van der Waals surface area (Å²) in [5, 5.41) is 11.2. The number of pyridine rings is 1. The highest BCUT2D eigenvalue weighted by molar-refractivity contribution is 9.15. The van der Waals surface area contributed by atoms with Gasteiger partial charge >= 0.3 is 7.05 Å². The summed E-state index contributed by atoms with van der Waals surface area (Å²) in [5.41, 5.74) is 4.23. The molecule has 8 heteroatoms. The number of fused-ring (bicyclic) bond motifs is 2. The minimum atomic E-state index is -0.424. The first-order chi connectivity index (χ1) is 12.9. The third kappa shape index (κ3) is 3.84. The van der Waals surface area contributed by atoms with Gasteiger partial charge in [-0.1, -0.05) is 45.2 Å². The Morgan fingerprint density at radius 2 is 1.89 bits per heavy atom. The monoisotopic (exact) mass is 465 g/mol. The zero-order valence-corrected chi connectivity index (χ0v) is 18.0. The lowest BCUT2D eigenvalue weighted by Gasteiger charge is -2.40. The van der Waals surface area contributed by atoms with E-state index >= 15 is 0 Å².